The molecule has 7 amide bonds. The van der Waals surface area contributed by atoms with Crippen molar-refractivity contribution in [3.8, 4) is 0 Å². The van der Waals surface area contributed by atoms with Crippen LogP contribution in [0.5, 0.6) is 0 Å². The number of rotatable bonds is 5. The molecular weight excluding hydrogens is 628 g/mol. The van der Waals surface area contributed by atoms with Crippen molar-refractivity contribution < 1.29 is 33.2 Å². The molecule has 5 rings (SSSR count). The first-order valence-corrected chi connectivity index (χ1v) is 16.0. The molecule has 4 bridgehead atoms. The van der Waals surface area contributed by atoms with Gasteiger partial charge in [-0.25, -0.2) is 14.8 Å². The standard InChI is InChI=1S/C31H36N8O7S/c1-17(2)24-28-35-21(16-47-28)26(43)33-19(12-18-8-6-5-7-9-18)27-34-20(15-46-27)25(42)32-10-11-38(13-22(40)36-24)23(41)14-39-29(44)31(3,4)37-30(39)45/h5-9,15-17,19,24H,10-14H2,1-4H3,(H,32,42)(H,33,43)(H,36,40)(H,37,45)/t19-,24-/m0/s1. The Morgan fingerprint density at radius 2 is 1.79 bits per heavy atom. The quantitative estimate of drug-likeness (QED) is 0.293. The van der Waals surface area contributed by atoms with Crippen molar-refractivity contribution in [3.63, 3.8) is 0 Å². The van der Waals surface area contributed by atoms with Crippen molar-refractivity contribution in [1.82, 2.24) is 41.0 Å². The minimum Gasteiger partial charge on any atom is -0.446 e. The summed E-state index contributed by atoms with van der Waals surface area (Å²) in [5.41, 5.74) is -0.212. The number of thiazole rings is 1. The van der Waals surface area contributed by atoms with Gasteiger partial charge >= 0.3 is 6.03 Å². The topological polar surface area (TPSA) is 196 Å². The first-order valence-electron chi connectivity index (χ1n) is 15.1. The first kappa shape index (κ1) is 33.2. The van der Waals surface area contributed by atoms with E-state index in [0.717, 1.165) is 15.4 Å². The van der Waals surface area contributed by atoms with Gasteiger partial charge in [0.05, 0.1) is 12.6 Å². The Hall–Kier alpha value is -5.12. The number of imide groups is 1. The van der Waals surface area contributed by atoms with E-state index in [4.69, 9.17) is 4.42 Å². The first-order chi connectivity index (χ1) is 22.3. The number of carbonyl (C=O) groups excluding carboxylic acids is 6. The fourth-order valence-corrected chi connectivity index (χ4v) is 6.18. The average molecular weight is 665 g/mol. The Balaban J connectivity index is 1.43. The van der Waals surface area contributed by atoms with E-state index in [0.29, 0.717) is 11.4 Å². The fraction of sp³-hybridized carbons (Fsp3) is 0.419. The predicted molar refractivity (Wildman–Crippen MR) is 168 cm³/mol. The van der Waals surface area contributed by atoms with Crippen LogP contribution in [0.3, 0.4) is 0 Å². The molecule has 4 heterocycles. The molecule has 2 atom stereocenters. The van der Waals surface area contributed by atoms with Crippen LogP contribution in [0.15, 0.2) is 46.4 Å². The third kappa shape index (κ3) is 7.65. The van der Waals surface area contributed by atoms with Crippen LogP contribution in [0.4, 0.5) is 4.79 Å². The highest BCUT2D eigenvalue weighted by Crippen LogP contribution is 2.26. The largest absolute Gasteiger partial charge is 0.446 e. The number of carbonyl (C=O) groups is 6. The van der Waals surface area contributed by atoms with Crippen LogP contribution in [-0.2, 0) is 20.8 Å². The summed E-state index contributed by atoms with van der Waals surface area (Å²) in [6.45, 7) is 5.59. The molecule has 2 aliphatic heterocycles. The van der Waals surface area contributed by atoms with Crippen molar-refractivity contribution in [3.05, 3.63) is 69.8 Å². The van der Waals surface area contributed by atoms with Crippen molar-refractivity contribution in [1.29, 1.82) is 0 Å². The minimum absolute atomic E-state index is 0.0543. The number of nitrogens with zero attached hydrogens (tertiary/aromatic N) is 4. The van der Waals surface area contributed by atoms with Gasteiger partial charge in [0.1, 0.15) is 35.1 Å². The highest BCUT2D eigenvalue weighted by atomic mass is 32.1. The Bertz CT molecular complexity index is 1690. The summed E-state index contributed by atoms with van der Waals surface area (Å²) in [6.07, 6.45) is 1.49. The van der Waals surface area contributed by atoms with Crippen LogP contribution in [0.25, 0.3) is 0 Å². The number of amides is 7. The molecule has 0 unspecified atom stereocenters. The molecule has 2 aromatic heterocycles. The zero-order valence-electron chi connectivity index (χ0n) is 26.4. The molecule has 248 valence electrons. The van der Waals surface area contributed by atoms with E-state index in [1.807, 2.05) is 44.2 Å². The van der Waals surface area contributed by atoms with Gasteiger partial charge < -0.3 is 30.6 Å². The van der Waals surface area contributed by atoms with E-state index in [1.54, 1.807) is 5.38 Å². The molecule has 1 fully saturated rings. The molecule has 16 heteroatoms. The van der Waals surface area contributed by atoms with Crippen LogP contribution in [-0.4, -0.2) is 87.1 Å². The van der Waals surface area contributed by atoms with E-state index in [9.17, 15) is 28.8 Å². The zero-order chi connectivity index (χ0) is 33.9. The SMILES string of the molecule is CC(C)[C@@H]1NC(=O)CN(C(=O)CN2C(=O)NC(C)(C)C2=O)CCNC(=O)c2coc(n2)[C@H](Cc2ccccc2)NC(=O)c2csc1n2. The fourth-order valence-electron chi connectivity index (χ4n) is 5.16. The summed E-state index contributed by atoms with van der Waals surface area (Å²) in [7, 11) is 0. The van der Waals surface area contributed by atoms with Gasteiger partial charge in [0, 0.05) is 24.9 Å². The Morgan fingerprint density at radius 1 is 1.04 bits per heavy atom. The number of nitrogens with one attached hydrogen (secondary N) is 4. The molecule has 0 aliphatic carbocycles. The second-order valence-electron chi connectivity index (χ2n) is 12.2. The van der Waals surface area contributed by atoms with Crippen LogP contribution in [0.2, 0.25) is 0 Å². The van der Waals surface area contributed by atoms with Gasteiger partial charge in [-0.3, -0.25) is 28.9 Å². The summed E-state index contributed by atoms with van der Waals surface area (Å²) in [4.78, 5) is 89.2. The molecule has 4 N–H and O–H groups in total. The number of oxazole rings is 1. The van der Waals surface area contributed by atoms with Crippen LogP contribution >= 0.6 is 11.3 Å². The third-order valence-electron chi connectivity index (χ3n) is 7.74. The van der Waals surface area contributed by atoms with Crippen molar-refractivity contribution in [2.45, 2.75) is 51.7 Å². The maximum Gasteiger partial charge on any atom is 0.325 e. The number of aromatic nitrogens is 2. The molecule has 1 aromatic carbocycles. The zero-order valence-corrected chi connectivity index (χ0v) is 27.2. The van der Waals surface area contributed by atoms with Gasteiger partial charge in [0.15, 0.2) is 5.69 Å². The van der Waals surface area contributed by atoms with Gasteiger partial charge in [-0.05, 0) is 25.3 Å². The molecule has 3 aromatic rings. The van der Waals surface area contributed by atoms with E-state index in [-0.39, 0.29) is 36.3 Å². The Morgan fingerprint density at radius 3 is 2.47 bits per heavy atom. The molecule has 47 heavy (non-hydrogen) atoms. The number of hydrogen-bond donors (Lipinski definition) is 4. The number of fused-ring (bicyclic) bond motifs is 4. The number of benzene rings is 1. The van der Waals surface area contributed by atoms with Crippen molar-refractivity contribution >= 4 is 46.9 Å². The normalized spacial score (nSPS) is 20.7. The molecule has 0 saturated carbocycles. The molecule has 1 saturated heterocycles. The summed E-state index contributed by atoms with van der Waals surface area (Å²) in [6, 6.07) is 7.35. The van der Waals surface area contributed by atoms with Crippen LogP contribution in [0.1, 0.15) is 77.2 Å². The third-order valence-corrected chi connectivity index (χ3v) is 8.66. The molecule has 0 spiro atoms. The molecule has 0 radical (unpaired) electrons. The maximum absolute atomic E-state index is 13.4. The lowest BCUT2D eigenvalue weighted by molar-refractivity contribution is -0.140. The Labute approximate surface area is 274 Å². The summed E-state index contributed by atoms with van der Waals surface area (Å²) in [5, 5.41) is 13.1. The number of hydrogen-bond acceptors (Lipinski definition) is 10. The van der Waals surface area contributed by atoms with E-state index >= 15 is 0 Å². The lowest BCUT2D eigenvalue weighted by Crippen LogP contribution is -2.49. The predicted octanol–water partition coefficient (Wildman–Crippen LogP) is 1.56. The summed E-state index contributed by atoms with van der Waals surface area (Å²) < 4.78 is 5.66. The van der Waals surface area contributed by atoms with E-state index in [1.165, 1.54) is 31.4 Å². The monoisotopic (exact) mass is 664 g/mol. The second-order valence-corrected chi connectivity index (χ2v) is 13.1. The smallest absolute Gasteiger partial charge is 0.325 e. The summed E-state index contributed by atoms with van der Waals surface area (Å²) >= 11 is 1.21. The van der Waals surface area contributed by atoms with E-state index in [2.05, 4.69) is 31.2 Å². The highest BCUT2D eigenvalue weighted by Gasteiger charge is 2.45. The van der Waals surface area contributed by atoms with Crippen LogP contribution < -0.4 is 21.3 Å². The van der Waals surface area contributed by atoms with Gasteiger partial charge in [-0.2, -0.15) is 0 Å². The van der Waals surface area contributed by atoms with E-state index < -0.39 is 66.3 Å². The lowest BCUT2D eigenvalue weighted by atomic mass is 10.0. The second kappa shape index (κ2) is 13.7. The van der Waals surface area contributed by atoms with Gasteiger partial charge in [0.2, 0.25) is 17.7 Å². The van der Waals surface area contributed by atoms with Gasteiger partial charge in [-0.1, -0.05) is 44.2 Å². The van der Waals surface area contributed by atoms with Crippen molar-refractivity contribution in [2.24, 2.45) is 5.92 Å². The molecular formula is C31H36N8O7S. The van der Waals surface area contributed by atoms with Gasteiger partial charge in [0.25, 0.3) is 17.7 Å². The van der Waals surface area contributed by atoms with Crippen molar-refractivity contribution in [2.75, 3.05) is 26.2 Å². The summed E-state index contributed by atoms with van der Waals surface area (Å²) in [5.74, 6) is -2.91. The van der Waals surface area contributed by atoms with Gasteiger partial charge in [-0.15, -0.1) is 11.3 Å². The maximum atomic E-state index is 13.4. The number of urea groups is 1. The average Bonchev–Trinajstić information content (AvgIpc) is 3.75. The van der Waals surface area contributed by atoms with Crippen LogP contribution in [0, 0.1) is 5.92 Å². The lowest BCUT2D eigenvalue weighted by Gasteiger charge is -2.26. The molecule has 15 nitrogen and oxygen atoms in total. The molecule has 2 aliphatic rings. The minimum atomic E-state index is -1.18. The highest BCUT2D eigenvalue weighted by molar-refractivity contribution is 7.09. The Kier molecular flexibility index (Phi) is 9.69.